The molecule has 0 atom stereocenters. The molecule has 1 aromatic heterocycles. The minimum absolute atomic E-state index is 0. The predicted molar refractivity (Wildman–Crippen MR) is 106 cm³/mol. The summed E-state index contributed by atoms with van der Waals surface area (Å²) in [5.74, 6) is 1.05. The fourth-order valence-corrected chi connectivity index (χ4v) is 3.10. The molecule has 5 nitrogen and oxygen atoms in total. The van der Waals surface area contributed by atoms with E-state index in [9.17, 15) is 8.42 Å². The van der Waals surface area contributed by atoms with E-state index < -0.39 is 9.84 Å². The number of halogens is 1. The smallest absolute Gasteiger partial charge is 0.193 e. The van der Waals surface area contributed by atoms with Crippen molar-refractivity contribution in [2.75, 3.05) is 38.2 Å². The Morgan fingerprint density at radius 1 is 1.41 bits per heavy atom. The molecule has 0 fully saturated rings. The summed E-state index contributed by atoms with van der Waals surface area (Å²) in [4.78, 5) is 7.78. The average Bonchev–Trinajstić information content (AvgIpc) is 2.97. The summed E-state index contributed by atoms with van der Waals surface area (Å²) in [7, 11) is -0.980. The van der Waals surface area contributed by atoms with Crippen LogP contribution in [0.25, 0.3) is 0 Å². The van der Waals surface area contributed by atoms with Crippen LogP contribution in [0.4, 0.5) is 0 Å². The standard InChI is InChI=1S/C14H25N3O2S2.HI/c1-4-15-14(16-9-12-21(18,19)5-2)17(3)10-8-13-7-6-11-20-13;/h6-7,11H,4-5,8-10,12H2,1-3H3,(H,15,16);1H. The second kappa shape index (κ2) is 11.2. The molecule has 8 heteroatoms. The van der Waals surface area contributed by atoms with Gasteiger partial charge in [0, 0.05) is 30.8 Å². The molecule has 0 aliphatic heterocycles. The molecular formula is C14H26IN3O2S2. The van der Waals surface area contributed by atoms with Gasteiger partial charge in [-0.25, -0.2) is 8.42 Å². The second-order valence-corrected chi connectivity index (χ2v) is 8.23. The first-order valence-corrected chi connectivity index (χ1v) is 9.91. The van der Waals surface area contributed by atoms with Gasteiger partial charge in [-0.15, -0.1) is 35.3 Å². The number of rotatable bonds is 8. The molecule has 0 saturated heterocycles. The fraction of sp³-hybridized carbons (Fsp3) is 0.643. The molecule has 0 aromatic carbocycles. The number of hydrogen-bond acceptors (Lipinski definition) is 4. The molecular weight excluding hydrogens is 433 g/mol. The van der Waals surface area contributed by atoms with Gasteiger partial charge in [-0.05, 0) is 24.8 Å². The van der Waals surface area contributed by atoms with Crippen LogP contribution in [0.3, 0.4) is 0 Å². The molecule has 1 rings (SSSR count). The Hall–Kier alpha value is -0.350. The van der Waals surface area contributed by atoms with Gasteiger partial charge in [0.05, 0.1) is 12.3 Å². The molecule has 1 heterocycles. The molecule has 0 unspecified atom stereocenters. The van der Waals surface area contributed by atoms with Crippen molar-refractivity contribution in [3.63, 3.8) is 0 Å². The Morgan fingerprint density at radius 3 is 2.68 bits per heavy atom. The largest absolute Gasteiger partial charge is 0.357 e. The summed E-state index contributed by atoms with van der Waals surface area (Å²) in [6, 6.07) is 4.17. The molecule has 0 amide bonds. The first-order chi connectivity index (χ1) is 9.98. The maximum atomic E-state index is 11.5. The van der Waals surface area contributed by atoms with Gasteiger partial charge in [-0.1, -0.05) is 13.0 Å². The first kappa shape index (κ1) is 21.6. The lowest BCUT2D eigenvalue weighted by Crippen LogP contribution is -2.40. The molecule has 1 aromatic rings. The van der Waals surface area contributed by atoms with Gasteiger partial charge in [0.2, 0.25) is 0 Å². The van der Waals surface area contributed by atoms with E-state index in [0.29, 0.717) is 6.54 Å². The van der Waals surface area contributed by atoms with Crippen LogP contribution in [0.2, 0.25) is 0 Å². The Balaban J connectivity index is 0.00000441. The zero-order valence-electron chi connectivity index (χ0n) is 13.4. The summed E-state index contributed by atoms with van der Waals surface area (Å²) in [6.45, 7) is 5.60. The first-order valence-electron chi connectivity index (χ1n) is 7.20. The van der Waals surface area contributed by atoms with Crippen molar-refractivity contribution < 1.29 is 8.42 Å². The van der Waals surface area contributed by atoms with Gasteiger partial charge in [-0.2, -0.15) is 0 Å². The highest BCUT2D eigenvalue weighted by atomic mass is 127. The lowest BCUT2D eigenvalue weighted by Gasteiger charge is -2.21. The molecule has 0 bridgehead atoms. The van der Waals surface area contributed by atoms with Gasteiger partial charge >= 0.3 is 0 Å². The van der Waals surface area contributed by atoms with E-state index in [4.69, 9.17) is 0 Å². The number of guanidine groups is 1. The van der Waals surface area contributed by atoms with Crippen LogP contribution in [0.15, 0.2) is 22.5 Å². The normalized spacial score (nSPS) is 11.9. The summed E-state index contributed by atoms with van der Waals surface area (Å²) < 4.78 is 23.0. The van der Waals surface area contributed by atoms with Crippen molar-refractivity contribution in [2.24, 2.45) is 4.99 Å². The fourth-order valence-electron chi connectivity index (χ4n) is 1.74. The third kappa shape index (κ3) is 8.33. The van der Waals surface area contributed by atoms with E-state index in [0.717, 1.165) is 25.5 Å². The highest BCUT2D eigenvalue weighted by Crippen LogP contribution is 2.09. The number of aliphatic imine (C=N–C) groups is 1. The van der Waals surface area contributed by atoms with Gasteiger partial charge in [0.1, 0.15) is 0 Å². The highest BCUT2D eigenvalue weighted by Gasteiger charge is 2.09. The Labute approximate surface area is 155 Å². The lowest BCUT2D eigenvalue weighted by molar-refractivity contribution is 0.487. The summed E-state index contributed by atoms with van der Waals surface area (Å²) in [5.41, 5.74) is 0. The van der Waals surface area contributed by atoms with E-state index in [-0.39, 0.29) is 35.5 Å². The minimum Gasteiger partial charge on any atom is -0.357 e. The monoisotopic (exact) mass is 459 g/mol. The van der Waals surface area contributed by atoms with Crippen molar-refractivity contribution in [3.8, 4) is 0 Å². The SMILES string of the molecule is CCNC(=NCCS(=O)(=O)CC)N(C)CCc1cccs1.I. The summed E-state index contributed by atoms with van der Waals surface area (Å²) in [6.07, 6.45) is 0.964. The number of likely N-dealkylation sites (N-methyl/N-ethyl adjacent to an activating group) is 1. The number of thiophene rings is 1. The van der Waals surface area contributed by atoms with Crippen molar-refractivity contribution in [1.82, 2.24) is 10.2 Å². The van der Waals surface area contributed by atoms with E-state index in [1.54, 1.807) is 18.3 Å². The quantitative estimate of drug-likeness (QED) is 0.368. The van der Waals surface area contributed by atoms with Crippen LogP contribution in [0.5, 0.6) is 0 Å². The number of sulfone groups is 1. The molecule has 1 N–H and O–H groups in total. The molecule has 22 heavy (non-hydrogen) atoms. The number of nitrogens with zero attached hydrogens (tertiary/aromatic N) is 2. The van der Waals surface area contributed by atoms with Crippen LogP contribution in [-0.4, -0.2) is 57.5 Å². The van der Waals surface area contributed by atoms with Crippen molar-refractivity contribution in [1.29, 1.82) is 0 Å². The Morgan fingerprint density at radius 2 is 2.14 bits per heavy atom. The topological polar surface area (TPSA) is 61.8 Å². The van der Waals surface area contributed by atoms with Crippen LogP contribution in [0, 0.1) is 0 Å². The van der Waals surface area contributed by atoms with E-state index in [2.05, 4.69) is 27.8 Å². The van der Waals surface area contributed by atoms with E-state index in [1.807, 2.05) is 18.9 Å². The van der Waals surface area contributed by atoms with Crippen LogP contribution < -0.4 is 5.32 Å². The van der Waals surface area contributed by atoms with Crippen molar-refractivity contribution in [2.45, 2.75) is 20.3 Å². The number of hydrogen-bond donors (Lipinski definition) is 1. The minimum atomic E-state index is -2.96. The second-order valence-electron chi connectivity index (χ2n) is 4.72. The Bertz CT molecular complexity index is 530. The van der Waals surface area contributed by atoms with Crippen LogP contribution in [-0.2, 0) is 16.3 Å². The van der Waals surface area contributed by atoms with Crippen LogP contribution in [0.1, 0.15) is 18.7 Å². The zero-order valence-corrected chi connectivity index (χ0v) is 17.4. The molecule has 0 saturated carbocycles. The average molecular weight is 459 g/mol. The Kier molecular flexibility index (Phi) is 11.0. The molecule has 128 valence electrons. The van der Waals surface area contributed by atoms with Crippen molar-refractivity contribution >= 4 is 51.1 Å². The lowest BCUT2D eigenvalue weighted by atomic mass is 10.3. The third-order valence-electron chi connectivity index (χ3n) is 3.07. The number of nitrogens with one attached hydrogen (secondary N) is 1. The van der Waals surface area contributed by atoms with Crippen LogP contribution >= 0.6 is 35.3 Å². The maximum absolute atomic E-state index is 11.5. The van der Waals surface area contributed by atoms with Crippen molar-refractivity contribution in [3.05, 3.63) is 22.4 Å². The van der Waals surface area contributed by atoms with E-state index in [1.165, 1.54) is 4.88 Å². The van der Waals surface area contributed by atoms with Gasteiger partial charge in [-0.3, -0.25) is 4.99 Å². The zero-order chi connectivity index (χ0) is 15.7. The highest BCUT2D eigenvalue weighted by molar-refractivity contribution is 14.0. The maximum Gasteiger partial charge on any atom is 0.193 e. The molecule has 0 aliphatic carbocycles. The summed E-state index contributed by atoms with van der Waals surface area (Å²) >= 11 is 1.75. The third-order valence-corrected chi connectivity index (χ3v) is 5.69. The van der Waals surface area contributed by atoms with Gasteiger partial charge in [0.25, 0.3) is 0 Å². The summed E-state index contributed by atoms with van der Waals surface area (Å²) in [5, 5.41) is 5.27. The van der Waals surface area contributed by atoms with Gasteiger partial charge in [0.15, 0.2) is 15.8 Å². The molecule has 0 aliphatic rings. The predicted octanol–water partition coefficient (Wildman–Crippen LogP) is 2.24. The molecule has 0 radical (unpaired) electrons. The van der Waals surface area contributed by atoms with E-state index >= 15 is 0 Å². The molecule has 0 spiro atoms. The van der Waals surface area contributed by atoms with Gasteiger partial charge < -0.3 is 10.2 Å².